The number of nitrogens with zero attached hydrogens (tertiary/aromatic N) is 1. The third-order valence-corrected chi connectivity index (χ3v) is 6.94. The quantitative estimate of drug-likeness (QED) is 0.605. The molecule has 3 aliphatic rings. The van der Waals surface area contributed by atoms with E-state index >= 15 is 0 Å². The minimum absolute atomic E-state index is 0.136. The number of benzene rings is 2. The maximum absolute atomic E-state index is 13.6. The number of primary amides is 1. The molecule has 2 aromatic rings. The summed E-state index contributed by atoms with van der Waals surface area (Å²) in [5.41, 5.74) is 7.20. The molecular formula is C24H24N4O4. The predicted octanol–water partition coefficient (Wildman–Crippen LogP) is 0.834. The number of hydrogen-bond acceptors (Lipinski definition) is 5. The molecule has 32 heavy (non-hydrogen) atoms. The van der Waals surface area contributed by atoms with Crippen molar-refractivity contribution < 1.29 is 19.2 Å². The number of fused-ring (bicyclic) bond motifs is 4. The van der Waals surface area contributed by atoms with Gasteiger partial charge in [0.2, 0.25) is 23.6 Å². The molecule has 0 aromatic heterocycles. The third kappa shape index (κ3) is 2.79. The Labute approximate surface area is 185 Å². The molecule has 4 atom stereocenters. The van der Waals surface area contributed by atoms with Gasteiger partial charge in [0.15, 0.2) is 0 Å². The van der Waals surface area contributed by atoms with Crippen LogP contribution in [0.15, 0.2) is 48.5 Å². The fourth-order valence-electron chi connectivity index (χ4n) is 5.53. The van der Waals surface area contributed by atoms with Crippen LogP contribution in [0.25, 0.3) is 0 Å². The zero-order chi connectivity index (χ0) is 22.6. The molecule has 0 bridgehead atoms. The lowest BCUT2D eigenvalue weighted by atomic mass is 9.76. The third-order valence-electron chi connectivity index (χ3n) is 6.94. The summed E-state index contributed by atoms with van der Waals surface area (Å²) >= 11 is 0. The molecule has 2 aromatic carbocycles. The van der Waals surface area contributed by atoms with Gasteiger partial charge in [-0.25, -0.2) is 0 Å². The number of likely N-dealkylation sites (tertiary alicyclic amines) is 1. The van der Waals surface area contributed by atoms with Gasteiger partial charge in [-0.15, -0.1) is 0 Å². The average Bonchev–Trinajstić information content (AvgIpc) is 3.33. The molecular weight excluding hydrogens is 408 g/mol. The molecule has 0 aliphatic carbocycles. The van der Waals surface area contributed by atoms with Crippen LogP contribution in [0.1, 0.15) is 23.1 Å². The van der Waals surface area contributed by atoms with Crippen LogP contribution in [0.3, 0.4) is 0 Å². The average molecular weight is 432 g/mol. The van der Waals surface area contributed by atoms with Crippen LogP contribution in [-0.2, 0) is 31.1 Å². The molecule has 4 amide bonds. The highest BCUT2D eigenvalue weighted by molar-refractivity contribution is 6.15. The smallest absolute Gasteiger partial charge is 0.250 e. The molecule has 0 unspecified atom stereocenters. The molecule has 3 heterocycles. The van der Waals surface area contributed by atoms with Gasteiger partial charge < -0.3 is 11.1 Å². The minimum Gasteiger partial charge on any atom is -0.370 e. The zero-order valence-corrected chi connectivity index (χ0v) is 17.6. The van der Waals surface area contributed by atoms with Crippen LogP contribution in [0.5, 0.6) is 0 Å². The highest BCUT2D eigenvalue weighted by Gasteiger charge is 2.70. The maximum Gasteiger partial charge on any atom is 0.250 e. The van der Waals surface area contributed by atoms with Gasteiger partial charge in [0, 0.05) is 30.3 Å². The second-order valence-electron chi connectivity index (χ2n) is 8.75. The standard InChI is InChI=1S/C24H24N4O4/c1-13-6-5-9-15-20(13)26-23(32)24(15)19-18(16(27-24)12-17(25)29)21(30)28(22(19)31)11-10-14-7-3-2-4-8-14/h2-9,16,18-19,27H,10-12H2,1H3,(H2,25,29)(H,26,32)/t16-,18-,19-,24-/m1/s1. The van der Waals surface area contributed by atoms with Crippen LogP contribution < -0.4 is 16.4 Å². The summed E-state index contributed by atoms with van der Waals surface area (Å²) in [5.74, 6) is -3.49. The normalized spacial score (nSPS) is 28.2. The van der Waals surface area contributed by atoms with Crippen molar-refractivity contribution in [1.29, 1.82) is 0 Å². The first-order chi connectivity index (χ1) is 15.3. The second-order valence-corrected chi connectivity index (χ2v) is 8.75. The highest BCUT2D eigenvalue weighted by Crippen LogP contribution is 2.53. The van der Waals surface area contributed by atoms with Gasteiger partial charge >= 0.3 is 0 Å². The summed E-state index contributed by atoms with van der Waals surface area (Å²) in [5, 5.41) is 6.10. The number of anilines is 1. The number of hydrogen-bond donors (Lipinski definition) is 3. The largest absolute Gasteiger partial charge is 0.370 e. The Morgan fingerprint density at radius 2 is 1.81 bits per heavy atom. The van der Waals surface area contributed by atoms with Crippen molar-refractivity contribution in [1.82, 2.24) is 10.2 Å². The molecule has 164 valence electrons. The Morgan fingerprint density at radius 3 is 2.53 bits per heavy atom. The van der Waals surface area contributed by atoms with E-state index < -0.39 is 29.3 Å². The van der Waals surface area contributed by atoms with Crippen LogP contribution in [-0.4, -0.2) is 41.1 Å². The number of carbonyl (C=O) groups excluding carboxylic acids is 4. The van der Waals surface area contributed by atoms with Gasteiger partial charge in [0.25, 0.3) is 0 Å². The number of amides is 4. The van der Waals surface area contributed by atoms with E-state index in [2.05, 4.69) is 10.6 Å². The maximum atomic E-state index is 13.6. The van der Waals surface area contributed by atoms with Crippen LogP contribution >= 0.6 is 0 Å². The SMILES string of the molecule is Cc1cccc2c1NC(=O)[C@@]21N[C@H](CC(N)=O)[C@H]2C(=O)N(CCc3ccccc3)C(=O)[C@@H]21. The first kappa shape index (κ1) is 20.4. The number of carbonyl (C=O) groups is 4. The predicted molar refractivity (Wildman–Crippen MR) is 116 cm³/mol. The molecule has 0 saturated carbocycles. The van der Waals surface area contributed by atoms with E-state index in [1.54, 1.807) is 6.07 Å². The fourth-order valence-corrected chi connectivity index (χ4v) is 5.53. The number of nitrogens with two attached hydrogens (primary N) is 1. The van der Waals surface area contributed by atoms with E-state index in [0.29, 0.717) is 17.7 Å². The number of para-hydroxylation sites is 1. The van der Waals surface area contributed by atoms with Gasteiger partial charge in [-0.05, 0) is 24.5 Å². The van der Waals surface area contributed by atoms with E-state index in [0.717, 1.165) is 11.1 Å². The lowest BCUT2D eigenvalue weighted by Crippen LogP contribution is -2.53. The van der Waals surface area contributed by atoms with Crippen LogP contribution in [0.2, 0.25) is 0 Å². The Bertz CT molecular complexity index is 1150. The van der Waals surface area contributed by atoms with E-state index in [4.69, 9.17) is 5.73 Å². The van der Waals surface area contributed by atoms with E-state index in [1.807, 2.05) is 49.4 Å². The molecule has 1 spiro atoms. The lowest BCUT2D eigenvalue weighted by molar-refractivity contribution is -0.142. The van der Waals surface area contributed by atoms with Gasteiger partial charge in [-0.3, -0.25) is 29.4 Å². The summed E-state index contributed by atoms with van der Waals surface area (Å²) in [6, 6.07) is 14.4. The van der Waals surface area contributed by atoms with E-state index in [9.17, 15) is 19.2 Å². The Morgan fingerprint density at radius 1 is 1.06 bits per heavy atom. The summed E-state index contributed by atoms with van der Waals surface area (Å²) in [4.78, 5) is 53.4. The Kier molecular flexibility index (Phi) is 4.63. The first-order valence-electron chi connectivity index (χ1n) is 10.7. The van der Waals surface area contributed by atoms with Crippen LogP contribution in [0, 0.1) is 18.8 Å². The zero-order valence-electron chi connectivity index (χ0n) is 17.6. The van der Waals surface area contributed by atoms with Crippen LogP contribution in [0.4, 0.5) is 5.69 Å². The van der Waals surface area contributed by atoms with Crippen molar-refractivity contribution >= 4 is 29.3 Å². The molecule has 8 heteroatoms. The first-order valence-corrected chi connectivity index (χ1v) is 10.7. The van der Waals surface area contributed by atoms with Crippen molar-refractivity contribution in [3.8, 4) is 0 Å². The van der Waals surface area contributed by atoms with Crippen molar-refractivity contribution in [3.05, 3.63) is 65.2 Å². The van der Waals surface area contributed by atoms with Gasteiger partial charge in [0.1, 0.15) is 5.54 Å². The summed E-state index contributed by atoms with van der Waals surface area (Å²) in [7, 11) is 0. The molecule has 8 nitrogen and oxygen atoms in total. The summed E-state index contributed by atoms with van der Waals surface area (Å²) in [6.45, 7) is 2.09. The molecule has 2 saturated heterocycles. The summed E-state index contributed by atoms with van der Waals surface area (Å²) < 4.78 is 0. The molecule has 5 rings (SSSR count). The number of aryl methyl sites for hydroxylation is 1. The second kappa shape index (κ2) is 7.27. The van der Waals surface area contributed by atoms with E-state index in [1.165, 1.54) is 4.90 Å². The Balaban J connectivity index is 1.55. The number of rotatable bonds is 5. The minimum atomic E-state index is -1.40. The molecule has 2 fully saturated rings. The summed E-state index contributed by atoms with van der Waals surface area (Å²) in [6.07, 6.45) is 0.378. The van der Waals surface area contributed by atoms with Crippen molar-refractivity contribution in [3.63, 3.8) is 0 Å². The van der Waals surface area contributed by atoms with Crippen molar-refractivity contribution in [2.45, 2.75) is 31.3 Å². The molecule has 3 aliphatic heterocycles. The lowest BCUT2D eigenvalue weighted by Gasteiger charge is -2.29. The Hall–Kier alpha value is -3.52. The molecule has 4 N–H and O–H groups in total. The fraction of sp³-hybridized carbons (Fsp3) is 0.333. The van der Waals surface area contributed by atoms with Gasteiger partial charge in [0.05, 0.1) is 11.8 Å². The molecule has 0 radical (unpaired) electrons. The highest BCUT2D eigenvalue weighted by atomic mass is 16.2. The van der Waals surface area contributed by atoms with Crippen molar-refractivity contribution in [2.75, 3.05) is 11.9 Å². The number of nitrogens with one attached hydrogen (secondary N) is 2. The van der Waals surface area contributed by atoms with E-state index in [-0.39, 0.29) is 30.7 Å². The number of imide groups is 1. The topological polar surface area (TPSA) is 122 Å². The monoisotopic (exact) mass is 432 g/mol. The van der Waals surface area contributed by atoms with Gasteiger partial charge in [-0.2, -0.15) is 0 Å². The van der Waals surface area contributed by atoms with Gasteiger partial charge in [-0.1, -0.05) is 48.5 Å². The van der Waals surface area contributed by atoms with Crippen molar-refractivity contribution in [2.24, 2.45) is 17.6 Å².